The summed E-state index contributed by atoms with van der Waals surface area (Å²) in [5.41, 5.74) is 6.78. The van der Waals surface area contributed by atoms with E-state index in [0.29, 0.717) is 35.2 Å². The monoisotopic (exact) mass is 293 g/mol. The number of hydrogen-bond donors (Lipinski definition) is 3. The molecule has 1 aromatic carbocycles. The van der Waals surface area contributed by atoms with Crippen LogP contribution < -0.4 is 5.73 Å². The number of halogens is 1. The predicted octanol–water partition coefficient (Wildman–Crippen LogP) is 1.90. The van der Waals surface area contributed by atoms with E-state index in [9.17, 15) is 9.18 Å². The highest BCUT2D eigenvalue weighted by Gasteiger charge is 2.11. The van der Waals surface area contributed by atoms with E-state index in [0.717, 1.165) is 0 Å². The first-order valence-corrected chi connectivity index (χ1v) is 6.49. The molecule has 21 heavy (non-hydrogen) atoms. The van der Waals surface area contributed by atoms with Crippen LogP contribution >= 0.6 is 0 Å². The highest BCUT2D eigenvalue weighted by molar-refractivity contribution is 6.00. The second-order valence-electron chi connectivity index (χ2n) is 4.51. The fourth-order valence-corrected chi connectivity index (χ4v) is 2.07. The van der Waals surface area contributed by atoms with Crippen LogP contribution in [-0.4, -0.2) is 28.6 Å². The molecule has 0 saturated heterocycles. The Morgan fingerprint density at radius 3 is 2.90 bits per heavy atom. The number of esters is 1. The first-order chi connectivity index (χ1) is 10.0. The normalized spacial score (nSPS) is 11.8. The molecule has 2 rings (SSSR count). The third kappa shape index (κ3) is 3.31. The van der Waals surface area contributed by atoms with Crippen LogP contribution in [0.25, 0.3) is 10.9 Å². The van der Waals surface area contributed by atoms with E-state index in [1.807, 2.05) is 0 Å². The number of ether oxygens (including phenoxy) is 1. The van der Waals surface area contributed by atoms with Crippen molar-refractivity contribution in [3.63, 3.8) is 0 Å². The van der Waals surface area contributed by atoms with Gasteiger partial charge in [-0.05, 0) is 31.5 Å². The number of H-pyrrole nitrogens is 1. The minimum Gasteiger partial charge on any atom is -0.466 e. The third-order valence-electron chi connectivity index (χ3n) is 3.04. The van der Waals surface area contributed by atoms with Gasteiger partial charge in [-0.1, -0.05) is 5.16 Å². The summed E-state index contributed by atoms with van der Waals surface area (Å²) >= 11 is 0. The summed E-state index contributed by atoms with van der Waals surface area (Å²) in [4.78, 5) is 14.2. The molecule has 1 heterocycles. The smallest absolute Gasteiger partial charge is 0.306 e. The van der Waals surface area contributed by atoms with Crippen molar-refractivity contribution < 1.29 is 19.1 Å². The molecule has 7 heteroatoms. The van der Waals surface area contributed by atoms with Crippen molar-refractivity contribution in [2.75, 3.05) is 6.61 Å². The molecule has 0 aliphatic carbocycles. The number of hydrogen-bond acceptors (Lipinski definition) is 4. The first-order valence-electron chi connectivity index (χ1n) is 6.49. The predicted molar refractivity (Wildman–Crippen MR) is 75.7 cm³/mol. The van der Waals surface area contributed by atoms with Gasteiger partial charge in [-0.3, -0.25) is 4.79 Å². The third-order valence-corrected chi connectivity index (χ3v) is 3.04. The highest BCUT2D eigenvalue weighted by Crippen LogP contribution is 2.21. The number of benzene rings is 1. The van der Waals surface area contributed by atoms with Gasteiger partial charge in [-0.2, -0.15) is 0 Å². The molecule has 4 N–H and O–H groups in total. The Bertz CT molecular complexity index is 694. The van der Waals surface area contributed by atoms with Gasteiger partial charge in [-0.25, -0.2) is 4.39 Å². The molecule has 0 amide bonds. The number of aryl methyl sites for hydroxylation is 1. The summed E-state index contributed by atoms with van der Waals surface area (Å²) < 4.78 is 18.8. The number of rotatable bonds is 5. The Morgan fingerprint density at radius 2 is 2.24 bits per heavy atom. The molecular formula is C14H16FN3O3. The average Bonchev–Trinajstić information content (AvgIpc) is 2.88. The zero-order chi connectivity index (χ0) is 15.4. The Kier molecular flexibility index (Phi) is 4.42. The highest BCUT2D eigenvalue weighted by atomic mass is 19.1. The van der Waals surface area contributed by atoms with Crippen molar-refractivity contribution in [3.8, 4) is 0 Å². The molecule has 0 saturated carbocycles. The minimum absolute atomic E-state index is 0.162. The zero-order valence-electron chi connectivity index (χ0n) is 11.5. The number of nitrogens with two attached hydrogens (primary N) is 1. The largest absolute Gasteiger partial charge is 0.466 e. The number of nitrogens with zero attached hydrogens (tertiary/aromatic N) is 1. The lowest BCUT2D eigenvalue weighted by Crippen LogP contribution is -2.13. The Morgan fingerprint density at radius 1 is 1.48 bits per heavy atom. The van der Waals surface area contributed by atoms with Crippen molar-refractivity contribution in [2.45, 2.75) is 19.8 Å². The number of aromatic nitrogens is 1. The summed E-state index contributed by atoms with van der Waals surface area (Å²) in [6, 6.07) is 4.52. The molecule has 6 nitrogen and oxygen atoms in total. The van der Waals surface area contributed by atoms with E-state index in [-0.39, 0.29) is 18.2 Å². The van der Waals surface area contributed by atoms with Gasteiger partial charge in [0.05, 0.1) is 18.5 Å². The maximum Gasteiger partial charge on any atom is 0.306 e. The molecule has 0 aliphatic heterocycles. The van der Waals surface area contributed by atoms with Gasteiger partial charge in [0, 0.05) is 16.6 Å². The van der Waals surface area contributed by atoms with Crippen LogP contribution in [0.2, 0.25) is 0 Å². The Labute approximate surface area is 120 Å². The molecule has 0 spiro atoms. The van der Waals surface area contributed by atoms with Gasteiger partial charge in [0.25, 0.3) is 0 Å². The van der Waals surface area contributed by atoms with E-state index < -0.39 is 5.82 Å². The van der Waals surface area contributed by atoms with Crippen LogP contribution in [0.1, 0.15) is 24.6 Å². The molecule has 0 unspecified atom stereocenters. The molecule has 112 valence electrons. The number of oxime groups is 1. The summed E-state index contributed by atoms with van der Waals surface area (Å²) in [5, 5.41) is 12.1. The van der Waals surface area contributed by atoms with Crippen LogP contribution in [0.4, 0.5) is 4.39 Å². The fourth-order valence-electron chi connectivity index (χ4n) is 2.07. The zero-order valence-corrected chi connectivity index (χ0v) is 11.5. The van der Waals surface area contributed by atoms with Gasteiger partial charge in [-0.15, -0.1) is 0 Å². The summed E-state index contributed by atoms with van der Waals surface area (Å²) in [5.74, 6) is -0.962. The quantitative estimate of drug-likeness (QED) is 0.258. The van der Waals surface area contributed by atoms with Crippen LogP contribution in [0.3, 0.4) is 0 Å². The molecular weight excluding hydrogens is 277 g/mol. The molecule has 0 aliphatic rings. The number of carbonyl (C=O) groups excluding carboxylic acids is 1. The lowest BCUT2D eigenvalue weighted by atomic mass is 10.1. The average molecular weight is 293 g/mol. The molecule has 0 fully saturated rings. The lowest BCUT2D eigenvalue weighted by molar-refractivity contribution is -0.143. The SMILES string of the molecule is CCOC(=O)CCc1cc2cc(C(N)=NO)cc(F)c2[nH]1. The van der Waals surface area contributed by atoms with Crippen molar-refractivity contribution >= 4 is 22.7 Å². The minimum atomic E-state index is -0.503. The summed E-state index contributed by atoms with van der Waals surface area (Å²) in [6.45, 7) is 2.08. The molecule has 0 radical (unpaired) electrons. The second-order valence-corrected chi connectivity index (χ2v) is 4.51. The van der Waals surface area contributed by atoms with E-state index in [1.165, 1.54) is 6.07 Å². The van der Waals surface area contributed by atoms with E-state index in [4.69, 9.17) is 15.7 Å². The van der Waals surface area contributed by atoms with Gasteiger partial charge in [0.15, 0.2) is 5.84 Å². The first kappa shape index (κ1) is 14.8. The Hall–Kier alpha value is -2.57. The topological polar surface area (TPSA) is 101 Å². The number of aromatic amines is 1. The van der Waals surface area contributed by atoms with Crippen molar-refractivity contribution in [1.29, 1.82) is 0 Å². The standard InChI is InChI=1S/C14H16FN3O3/c1-2-21-12(19)4-3-10-6-8-5-9(14(16)18-20)7-11(15)13(8)17-10/h5-7,17,20H,2-4H2,1H3,(H2,16,18). The summed E-state index contributed by atoms with van der Waals surface area (Å²) in [6.07, 6.45) is 0.640. The Balaban J connectivity index is 2.25. The van der Waals surface area contributed by atoms with E-state index >= 15 is 0 Å². The number of carbonyl (C=O) groups is 1. The van der Waals surface area contributed by atoms with Crippen LogP contribution in [0.5, 0.6) is 0 Å². The van der Waals surface area contributed by atoms with E-state index in [2.05, 4.69) is 10.1 Å². The van der Waals surface area contributed by atoms with Gasteiger partial charge in [0.1, 0.15) is 5.82 Å². The number of nitrogens with one attached hydrogen (secondary N) is 1. The van der Waals surface area contributed by atoms with Crippen LogP contribution in [0.15, 0.2) is 23.4 Å². The van der Waals surface area contributed by atoms with Gasteiger partial charge in [0.2, 0.25) is 0 Å². The van der Waals surface area contributed by atoms with Crippen molar-refractivity contribution in [1.82, 2.24) is 4.98 Å². The lowest BCUT2D eigenvalue weighted by Gasteiger charge is -2.00. The molecule has 2 aromatic rings. The molecule has 1 aromatic heterocycles. The van der Waals surface area contributed by atoms with Crippen LogP contribution in [-0.2, 0) is 16.0 Å². The summed E-state index contributed by atoms with van der Waals surface area (Å²) in [7, 11) is 0. The maximum atomic E-state index is 14.0. The molecule has 0 atom stereocenters. The van der Waals surface area contributed by atoms with E-state index in [1.54, 1.807) is 19.1 Å². The number of fused-ring (bicyclic) bond motifs is 1. The maximum absolute atomic E-state index is 14.0. The van der Waals surface area contributed by atoms with Crippen molar-refractivity contribution in [2.24, 2.45) is 10.9 Å². The second kappa shape index (κ2) is 6.25. The number of amidine groups is 1. The van der Waals surface area contributed by atoms with Crippen molar-refractivity contribution in [3.05, 3.63) is 35.3 Å². The van der Waals surface area contributed by atoms with Crippen LogP contribution in [0, 0.1) is 5.82 Å². The molecule has 0 bridgehead atoms. The van der Waals surface area contributed by atoms with Gasteiger partial charge < -0.3 is 20.7 Å². The van der Waals surface area contributed by atoms with Gasteiger partial charge >= 0.3 is 5.97 Å². The fraction of sp³-hybridized carbons (Fsp3) is 0.286.